The fourth-order valence-corrected chi connectivity index (χ4v) is 4.31. The Morgan fingerprint density at radius 1 is 1.11 bits per heavy atom. The molecular formula is C28H23F3N2O5. The summed E-state index contributed by atoms with van der Waals surface area (Å²) in [6.45, 7) is 3.52. The number of nitrogens with zero attached hydrogens (tertiary/aromatic N) is 1. The first kappa shape index (κ1) is 26.5. The van der Waals surface area contributed by atoms with E-state index in [-0.39, 0.29) is 45.4 Å². The van der Waals surface area contributed by atoms with Gasteiger partial charge in [0.25, 0.3) is 5.91 Å². The molecule has 4 rings (SSSR count). The van der Waals surface area contributed by atoms with E-state index in [1.807, 2.05) is 19.1 Å². The van der Waals surface area contributed by atoms with Crippen molar-refractivity contribution >= 4 is 39.7 Å². The van der Waals surface area contributed by atoms with Crippen molar-refractivity contribution in [3.63, 3.8) is 0 Å². The van der Waals surface area contributed by atoms with Crippen molar-refractivity contribution in [3.05, 3.63) is 83.1 Å². The topological polar surface area (TPSA) is 102 Å². The van der Waals surface area contributed by atoms with E-state index in [1.54, 1.807) is 19.1 Å². The number of aryl methyl sites for hydroxylation is 1. The number of hydrogen-bond donors (Lipinski definition) is 2. The molecule has 0 saturated heterocycles. The van der Waals surface area contributed by atoms with Crippen LogP contribution in [0.2, 0.25) is 0 Å². The molecule has 2 heterocycles. The molecule has 0 aliphatic carbocycles. The molecule has 0 aliphatic heterocycles. The summed E-state index contributed by atoms with van der Waals surface area (Å²) in [6.07, 6.45) is -0.103. The molecule has 2 aromatic carbocycles. The van der Waals surface area contributed by atoms with E-state index in [4.69, 9.17) is 4.42 Å². The second kappa shape index (κ2) is 10.0. The number of carboxylic acids is 1. The number of fused-ring (bicyclic) bond motifs is 3. The number of aliphatic carboxylic acids is 1. The Morgan fingerprint density at radius 2 is 1.79 bits per heavy atom. The van der Waals surface area contributed by atoms with Crippen molar-refractivity contribution in [2.45, 2.75) is 26.4 Å². The van der Waals surface area contributed by atoms with Gasteiger partial charge >= 0.3 is 18.1 Å². The smallest absolute Gasteiger partial charge is 0.472 e. The van der Waals surface area contributed by atoms with E-state index in [2.05, 4.69) is 5.32 Å². The maximum absolute atomic E-state index is 13.4. The summed E-state index contributed by atoms with van der Waals surface area (Å²) in [5, 5.41) is 12.5. The lowest BCUT2D eigenvalue weighted by Crippen LogP contribution is -2.28. The highest BCUT2D eigenvalue weighted by molar-refractivity contribution is 6.18. The number of benzene rings is 2. The van der Waals surface area contributed by atoms with Gasteiger partial charge in [-0.15, -0.1) is 0 Å². The number of allylic oxidation sites excluding steroid dienone is 2. The summed E-state index contributed by atoms with van der Waals surface area (Å²) in [7, 11) is 1.44. The van der Waals surface area contributed by atoms with Crippen molar-refractivity contribution in [2.75, 3.05) is 7.05 Å². The summed E-state index contributed by atoms with van der Waals surface area (Å²) < 4.78 is 46.9. The number of halogens is 3. The summed E-state index contributed by atoms with van der Waals surface area (Å²) >= 11 is 0. The van der Waals surface area contributed by atoms with Crippen LogP contribution in [0.1, 0.15) is 33.2 Å². The molecule has 0 fully saturated rings. The van der Waals surface area contributed by atoms with E-state index in [9.17, 15) is 32.7 Å². The van der Waals surface area contributed by atoms with Gasteiger partial charge in [-0.25, -0.2) is 4.79 Å². The molecule has 38 heavy (non-hydrogen) atoms. The molecular weight excluding hydrogens is 501 g/mol. The van der Waals surface area contributed by atoms with Crippen molar-refractivity contribution in [1.29, 1.82) is 0 Å². The van der Waals surface area contributed by atoms with Crippen molar-refractivity contribution in [3.8, 4) is 11.3 Å². The number of alkyl halides is 3. The number of rotatable bonds is 6. The second-order valence-corrected chi connectivity index (χ2v) is 8.58. The largest absolute Gasteiger partial charge is 0.478 e. The monoisotopic (exact) mass is 524 g/mol. The Balaban J connectivity index is 2.09. The molecule has 0 unspecified atom stereocenters. The second-order valence-electron chi connectivity index (χ2n) is 8.58. The van der Waals surface area contributed by atoms with Gasteiger partial charge in [0.2, 0.25) is 0 Å². The van der Waals surface area contributed by atoms with E-state index in [1.165, 1.54) is 37.4 Å². The van der Waals surface area contributed by atoms with Gasteiger partial charge in [-0.05, 0) is 38.0 Å². The number of nitrogens with one attached hydrogen (secondary N) is 1. The number of carbonyl (C=O) groups is 3. The Kier molecular flexibility index (Phi) is 6.99. The molecule has 4 aromatic rings. The molecule has 7 nitrogen and oxygen atoms in total. The summed E-state index contributed by atoms with van der Waals surface area (Å²) in [6, 6.07) is 9.96. The van der Waals surface area contributed by atoms with E-state index in [0.717, 1.165) is 11.8 Å². The zero-order valence-corrected chi connectivity index (χ0v) is 20.6. The summed E-state index contributed by atoms with van der Waals surface area (Å²) in [4.78, 5) is 36.9. The third kappa shape index (κ3) is 4.72. The molecule has 0 radical (unpaired) electrons. The van der Waals surface area contributed by atoms with E-state index >= 15 is 0 Å². The molecule has 0 atom stereocenters. The first-order valence-corrected chi connectivity index (χ1v) is 11.5. The van der Waals surface area contributed by atoms with E-state index < -0.39 is 24.0 Å². The van der Waals surface area contributed by atoms with Crippen molar-refractivity contribution in [1.82, 2.24) is 9.88 Å². The highest BCUT2D eigenvalue weighted by Gasteiger charge is 2.41. The first-order valence-electron chi connectivity index (χ1n) is 11.5. The lowest BCUT2D eigenvalue weighted by atomic mass is 9.99. The van der Waals surface area contributed by atoms with Crippen LogP contribution in [0, 0.1) is 6.92 Å². The van der Waals surface area contributed by atoms with Crippen LogP contribution < -0.4 is 5.32 Å². The van der Waals surface area contributed by atoms with Gasteiger partial charge in [-0.3, -0.25) is 14.2 Å². The third-order valence-corrected chi connectivity index (χ3v) is 6.06. The molecule has 2 N–H and O–H groups in total. The molecule has 0 bridgehead atoms. The predicted molar refractivity (Wildman–Crippen MR) is 136 cm³/mol. The fraction of sp³-hybridized carbons (Fsp3) is 0.179. The quantitative estimate of drug-likeness (QED) is 0.236. The Labute approximate surface area is 214 Å². The zero-order chi connectivity index (χ0) is 27.8. The van der Waals surface area contributed by atoms with Gasteiger partial charge in [0.1, 0.15) is 11.3 Å². The number of furan rings is 1. The maximum Gasteiger partial charge on any atom is 0.472 e. The van der Waals surface area contributed by atoms with Gasteiger partial charge in [0.15, 0.2) is 0 Å². The average Bonchev–Trinajstić information content (AvgIpc) is 3.47. The molecule has 0 saturated carbocycles. The van der Waals surface area contributed by atoms with Gasteiger partial charge in [-0.2, -0.15) is 13.2 Å². The minimum atomic E-state index is -5.16. The van der Waals surface area contributed by atoms with Crippen LogP contribution in [-0.4, -0.2) is 40.7 Å². The van der Waals surface area contributed by atoms with Gasteiger partial charge < -0.3 is 14.8 Å². The Morgan fingerprint density at radius 3 is 2.37 bits per heavy atom. The summed E-state index contributed by atoms with van der Waals surface area (Å²) in [5.41, 5.74) is 1.88. The Hall–Kier alpha value is -4.60. The maximum atomic E-state index is 13.4. The van der Waals surface area contributed by atoms with Crippen LogP contribution in [0.4, 0.5) is 13.2 Å². The molecule has 0 spiro atoms. The van der Waals surface area contributed by atoms with Crippen LogP contribution in [0.3, 0.4) is 0 Å². The fourth-order valence-electron chi connectivity index (χ4n) is 4.31. The SMILES string of the molecule is C/C=C\C(=C/Cc1cc2c(C(=O)NC)c(-c3ccc(C)cc3)oc2c2ccn(C(=O)C(F)(F)F)c12)C(=O)O. The van der Waals surface area contributed by atoms with E-state index in [0.29, 0.717) is 15.5 Å². The zero-order valence-electron chi connectivity index (χ0n) is 20.6. The van der Waals surface area contributed by atoms with Crippen LogP contribution >= 0.6 is 0 Å². The van der Waals surface area contributed by atoms with Gasteiger partial charge in [0, 0.05) is 29.6 Å². The van der Waals surface area contributed by atoms with Crippen LogP contribution in [0.15, 0.2) is 70.8 Å². The minimum Gasteiger partial charge on any atom is -0.478 e. The average molecular weight is 524 g/mol. The minimum absolute atomic E-state index is 0.0833. The van der Waals surface area contributed by atoms with Crippen LogP contribution in [0.25, 0.3) is 33.2 Å². The molecule has 1 amide bonds. The van der Waals surface area contributed by atoms with Gasteiger partial charge in [-0.1, -0.05) is 48.1 Å². The third-order valence-electron chi connectivity index (χ3n) is 6.06. The van der Waals surface area contributed by atoms with Crippen LogP contribution in [0.5, 0.6) is 0 Å². The highest BCUT2D eigenvalue weighted by Crippen LogP contribution is 2.40. The summed E-state index contributed by atoms with van der Waals surface area (Å²) in [5.74, 6) is -3.60. The molecule has 10 heteroatoms. The normalized spacial score (nSPS) is 12.5. The number of carbonyl (C=O) groups excluding carboxylic acids is 2. The number of carboxylic acid groups (broad SMARTS) is 1. The highest BCUT2D eigenvalue weighted by atomic mass is 19.4. The molecule has 2 aromatic heterocycles. The lowest BCUT2D eigenvalue weighted by Gasteiger charge is -2.11. The predicted octanol–water partition coefficient (Wildman–Crippen LogP) is 6.05. The lowest BCUT2D eigenvalue weighted by molar-refractivity contribution is -0.132. The van der Waals surface area contributed by atoms with Gasteiger partial charge in [0.05, 0.1) is 16.7 Å². The first-order chi connectivity index (χ1) is 18.0. The molecule has 196 valence electrons. The standard InChI is InChI=1S/C28H23F3N2O5/c1-4-5-17(26(35)36)10-11-18-14-20-21(25(34)32-3)23(16-8-6-15(2)7-9-16)38-24(20)19-12-13-33(22(18)19)27(37)28(29,30)31/h4-10,12-14H,11H2,1-3H3,(H,32,34)(H,35,36)/b5-4-,17-10+. The number of hydrogen-bond acceptors (Lipinski definition) is 4. The number of aromatic nitrogens is 1. The molecule has 0 aliphatic rings. The van der Waals surface area contributed by atoms with Crippen molar-refractivity contribution < 1.29 is 37.1 Å². The van der Waals surface area contributed by atoms with Crippen LogP contribution in [-0.2, 0) is 11.2 Å². The number of amides is 1. The van der Waals surface area contributed by atoms with Crippen molar-refractivity contribution in [2.24, 2.45) is 0 Å². The Bertz CT molecular complexity index is 1640.